The van der Waals surface area contributed by atoms with Gasteiger partial charge in [-0.2, -0.15) is 0 Å². The van der Waals surface area contributed by atoms with Gasteiger partial charge in [-0.05, 0) is 19.8 Å². The molecule has 0 spiro atoms. The van der Waals surface area contributed by atoms with E-state index in [4.69, 9.17) is 0 Å². The number of carboxylic acid groups (broad SMARTS) is 1. The maximum Gasteiger partial charge on any atom is 0.308 e. The van der Waals surface area contributed by atoms with Crippen LogP contribution in [0.2, 0.25) is 0 Å². The summed E-state index contributed by atoms with van der Waals surface area (Å²) in [7, 11) is 0. The number of likely N-dealkylation sites (tertiary alicyclic amines) is 1. The molecule has 4 atom stereocenters. The van der Waals surface area contributed by atoms with E-state index in [1.165, 1.54) is 30.4 Å². The number of hydrogen-bond acceptors (Lipinski definition) is 7. The minimum atomic E-state index is -0.847. The highest BCUT2D eigenvalue weighted by Crippen LogP contribution is 2.35. The Labute approximate surface area is 160 Å². The van der Waals surface area contributed by atoms with Crippen LogP contribution in [0, 0.1) is 5.92 Å². The smallest absolute Gasteiger partial charge is 0.308 e. The van der Waals surface area contributed by atoms with Crippen LogP contribution in [0.5, 0.6) is 0 Å². The first kappa shape index (κ1) is 19.2. The van der Waals surface area contributed by atoms with E-state index in [-0.39, 0.29) is 35.7 Å². The Hall–Kier alpha value is -1.55. The molecule has 0 aromatic heterocycles. The SMILES string of the molecule is CC(=O)NC1=NC(C)C(C2CSC(C(=O)N3CCCC(C(=O)O)C3)=N2)S1. The van der Waals surface area contributed by atoms with Gasteiger partial charge in [-0.3, -0.25) is 24.4 Å². The molecule has 0 saturated carbocycles. The number of aliphatic carboxylic acids is 1. The van der Waals surface area contributed by atoms with Crippen molar-refractivity contribution in [2.45, 2.75) is 44.0 Å². The molecule has 0 radical (unpaired) electrons. The number of piperidine rings is 1. The fraction of sp³-hybridized carbons (Fsp3) is 0.688. The average Bonchev–Trinajstić information content (AvgIpc) is 3.20. The van der Waals surface area contributed by atoms with E-state index in [0.717, 1.165) is 0 Å². The first-order chi connectivity index (χ1) is 12.3. The first-order valence-electron chi connectivity index (χ1n) is 8.60. The first-order valence-corrected chi connectivity index (χ1v) is 10.5. The van der Waals surface area contributed by atoms with Crippen molar-refractivity contribution in [1.82, 2.24) is 10.2 Å². The maximum atomic E-state index is 12.7. The fourth-order valence-electron chi connectivity index (χ4n) is 3.30. The molecule has 2 amide bonds. The summed E-state index contributed by atoms with van der Waals surface area (Å²) < 4.78 is 0. The van der Waals surface area contributed by atoms with E-state index >= 15 is 0 Å². The quantitative estimate of drug-likeness (QED) is 0.728. The number of hydrogen-bond donors (Lipinski definition) is 2. The van der Waals surface area contributed by atoms with Crippen LogP contribution in [0.15, 0.2) is 9.98 Å². The zero-order valence-electron chi connectivity index (χ0n) is 14.7. The van der Waals surface area contributed by atoms with Crippen molar-refractivity contribution >= 4 is 51.5 Å². The fourth-order valence-corrected chi connectivity index (χ4v) is 5.76. The standard InChI is InChI=1S/C16H22N4O4S2/c1-8-12(26-16(17-8)18-9(2)21)11-7-25-13(19-11)14(22)20-5-3-4-10(6-20)15(23)24/h8,10-12H,3-7H2,1-2H3,(H,23,24)(H,17,18,21). The van der Waals surface area contributed by atoms with Crippen LogP contribution in [0.4, 0.5) is 0 Å². The zero-order chi connectivity index (χ0) is 18.8. The van der Waals surface area contributed by atoms with Crippen LogP contribution in [0.25, 0.3) is 0 Å². The summed E-state index contributed by atoms with van der Waals surface area (Å²) in [6, 6.07) is -0.0361. The molecule has 0 bridgehead atoms. The van der Waals surface area contributed by atoms with E-state index in [0.29, 0.717) is 35.4 Å². The molecule has 3 rings (SSSR count). The van der Waals surface area contributed by atoms with Crippen LogP contribution >= 0.6 is 23.5 Å². The summed E-state index contributed by atoms with van der Waals surface area (Å²) in [5, 5.41) is 13.1. The normalized spacial score (nSPS) is 31.4. The number of thioether (sulfide) groups is 2. The molecule has 3 heterocycles. The topological polar surface area (TPSA) is 111 Å². The highest BCUT2D eigenvalue weighted by molar-refractivity contribution is 8.16. The van der Waals surface area contributed by atoms with Crippen LogP contribution in [-0.2, 0) is 14.4 Å². The Bertz CT molecular complexity index is 681. The molecule has 0 aromatic carbocycles. The van der Waals surface area contributed by atoms with Gasteiger partial charge in [-0.25, -0.2) is 0 Å². The largest absolute Gasteiger partial charge is 0.481 e. The second-order valence-corrected chi connectivity index (χ2v) is 8.86. The van der Waals surface area contributed by atoms with E-state index in [9.17, 15) is 19.5 Å². The summed E-state index contributed by atoms with van der Waals surface area (Å²) in [6.07, 6.45) is 1.31. The van der Waals surface area contributed by atoms with Crippen molar-refractivity contribution in [3.05, 3.63) is 0 Å². The van der Waals surface area contributed by atoms with E-state index < -0.39 is 11.9 Å². The lowest BCUT2D eigenvalue weighted by molar-refractivity contribution is -0.144. The number of nitrogens with one attached hydrogen (secondary N) is 1. The number of aliphatic imine (C=N–C) groups is 2. The van der Waals surface area contributed by atoms with Crippen LogP contribution < -0.4 is 5.32 Å². The molecular weight excluding hydrogens is 376 g/mol. The third-order valence-corrected chi connectivity index (χ3v) is 7.09. The van der Waals surface area contributed by atoms with Gasteiger partial charge in [-0.1, -0.05) is 23.5 Å². The van der Waals surface area contributed by atoms with Crippen molar-refractivity contribution in [2.75, 3.05) is 18.8 Å². The number of rotatable bonds is 3. The summed E-state index contributed by atoms with van der Waals surface area (Å²) in [6.45, 7) is 4.26. The van der Waals surface area contributed by atoms with Gasteiger partial charge in [0.15, 0.2) is 10.2 Å². The Morgan fingerprint density at radius 3 is 2.77 bits per heavy atom. The van der Waals surface area contributed by atoms with Crippen LogP contribution in [-0.4, -0.2) is 74.2 Å². The van der Waals surface area contributed by atoms with Gasteiger partial charge in [0.05, 0.1) is 23.3 Å². The molecule has 1 fully saturated rings. The van der Waals surface area contributed by atoms with Gasteiger partial charge in [0.2, 0.25) is 5.91 Å². The zero-order valence-corrected chi connectivity index (χ0v) is 16.3. The number of nitrogens with zero attached hydrogens (tertiary/aromatic N) is 3. The minimum Gasteiger partial charge on any atom is -0.481 e. The number of carboxylic acids is 1. The molecule has 2 N–H and O–H groups in total. The van der Waals surface area contributed by atoms with Crippen molar-refractivity contribution in [2.24, 2.45) is 15.9 Å². The molecule has 1 saturated heterocycles. The summed E-state index contributed by atoms with van der Waals surface area (Å²) in [4.78, 5) is 45.8. The lowest BCUT2D eigenvalue weighted by Crippen LogP contribution is -2.44. The summed E-state index contributed by atoms with van der Waals surface area (Å²) >= 11 is 2.92. The van der Waals surface area contributed by atoms with E-state index in [1.54, 1.807) is 4.90 Å². The summed E-state index contributed by atoms with van der Waals surface area (Å²) in [5.41, 5.74) is 0. The molecule has 8 nitrogen and oxygen atoms in total. The predicted molar refractivity (Wildman–Crippen MR) is 103 cm³/mol. The highest BCUT2D eigenvalue weighted by atomic mass is 32.2. The molecule has 4 unspecified atom stereocenters. The number of carbonyl (C=O) groups is 3. The van der Waals surface area contributed by atoms with Crippen molar-refractivity contribution in [3.63, 3.8) is 0 Å². The second kappa shape index (κ2) is 7.99. The van der Waals surface area contributed by atoms with Crippen molar-refractivity contribution < 1.29 is 19.5 Å². The van der Waals surface area contributed by atoms with Gasteiger partial charge in [-0.15, -0.1) is 0 Å². The van der Waals surface area contributed by atoms with E-state index in [2.05, 4.69) is 15.3 Å². The molecule has 142 valence electrons. The van der Waals surface area contributed by atoms with Crippen molar-refractivity contribution in [1.29, 1.82) is 0 Å². The molecule has 10 heteroatoms. The Morgan fingerprint density at radius 2 is 2.08 bits per heavy atom. The van der Waals surface area contributed by atoms with Gasteiger partial charge in [0.1, 0.15) is 0 Å². The maximum absolute atomic E-state index is 12.7. The molecular formula is C16H22N4O4S2. The average molecular weight is 399 g/mol. The van der Waals surface area contributed by atoms with Crippen molar-refractivity contribution in [3.8, 4) is 0 Å². The molecule has 3 aliphatic rings. The van der Waals surface area contributed by atoms with Gasteiger partial charge in [0, 0.05) is 25.8 Å². The van der Waals surface area contributed by atoms with Crippen LogP contribution in [0.3, 0.4) is 0 Å². The third-order valence-electron chi connectivity index (χ3n) is 4.62. The van der Waals surface area contributed by atoms with Gasteiger partial charge < -0.3 is 15.3 Å². The second-order valence-electron chi connectivity index (χ2n) is 6.68. The van der Waals surface area contributed by atoms with E-state index in [1.807, 2.05) is 6.92 Å². The minimum absolute atomic E-state index is 0.0111. The number of carbonyl (C=O) groups excluding carboxylic acids is 2. The molecule has 0 aromatic rings. The van der Waals surface area contributed by atoms with Gasteiger partial charge in [0.25, 0.3) is 5.91 Å². The highest BCUT2D eigenvalue weighted by Gasteiger charge is 2.39. The number of amidine groups is 1. The Kier molecular flexibility index (Phi) is 5.91. The molecule has 26 heavy (non-hydrogen) atoms. The predicted octanol–water partition coefficient (Wildman–Crippen LogP) is 0.819. The Morgan fingerprint density at radius 1 is 1.31 bits per heavy atom. The number of amides is 2. The monoisotopic (exact) mass is 398 g/mol. The lowest BCUT2D eigenvalue weighted by Gasteiger charge is -2.30. The summed E-state index contributed by atoms with van der Waals surface area (Å²) in [5.74, 6) is -0.957. The lowest BCUT2D eigenvalue weighted by atomic mass is 9.98. The third kappa shape index (κ3) is 4.22. The van der Waals surface area contributed by atoms with Crippen LogP contribution in [0.1, 0.15) is 26.7 Å². The Balaban J connectivity index is 1.62. The molecule has 0 aliphatic carbocycles. The molecule has 3 aliphatic heterocycles. The van der Waals surface area contributed by atoms with Gasteiger partial charge >= 0.3 is 5.97 Å².